The van der Waals surface area contributed by atoms with Crippen LogP contribution in [0.2, 0.25) is 5.02 Å². The van der Waals surface area contributed by atoms with Crippen LogP contribution in [0, 0.1) is 5.82 Å². The van der Waals surface area contributed by atoms with Gasteiger partial charge in [0.15, 0.2) is 6.61 Å². The van der Waals surface area contributed by atoms with Crippen LogP contribution in [-0.2, 0) is 14.4 Å². The summed E-state index contributed by atoms with van der Waals surface area (Å²) >= 11 is 9.14. The number of rotatable bonds is 7. The van der Waals surface area contributed by atoms with Gasteiger partial charge in [-0.05, 0) is 54.6 Å². The first-order valence-corrected chi connectivity index (χ1v) is 10.9. The van der Waals surface area contributed by atoms with E-state index in [1.54, 1.807) is 42.5 Å². The number of nitrogens with one attached hydrogen (secondary N) is 3. The highest BCUT2D eigenvalue weighted by Crippen LogP contribution is 2.22. The fourth-order valence-corrected chi connectivity index (χ4v) is 3.08. The van der Waals surface area contributed by atoms with Gasteiger partial charge < -0.3 is 15.4 Å². The van der Waals surface area contributed by atoms with Gasteiger partial charge in [-0.25, -0.2) is 9.82 Å². The molecule has 11 heteroatoms. The van der Waals surface area contributed by atoms with Crippen LogP contribution in [0.15, 0.2) is 76.3 Å². The molecule has 0 aliphatic rings. The molecule has 0 radical (unpaired) electrons. The lowest BCUT2D eigenvalue weighted by molar-refractivity contribution is -0.136. The molecule has 174 valence electrons. The number of benzene rings is 3. The molecule has 0 heterocycles. The quantitative estimate of drug-likeness (QED) is 0.232. The molecular weight excluding hydrogens is 531 g/mol. The monoisotopic (exact) mass is 546 g/mol. The Morgan fingerprint density at radius 3 is 2.47 bits per heavy atom. The first kappa shape index (κ1) is 24.9. The molecule has 34 heavy (non-hydrogen) atoms. The molecule has 3 aromatic carbocycles. The van der Waals surface area contributed by atoms with E-state index in [0.717, 1.165) is 6.07 Å². The van der Waals surface area contributed by atoms with Crippen LogP contribution in [-0.4, -0.2) is 30.5 Å². The first-order valence-electron chi connectivity index (χ1n) is 9.68. The summed E-state index contributed by atoms with van der Waals surface area (Å²) in [6, 6.07) is 17.0. The lowest BCUT2D eigenvalue weighted by Gasteiger charge is -2.10. The van der Waals surface area contributed by atoms with Gasteiger partial charge in [-0.2, -0.15) is 5.10 Å². The third kappa shape index (κ3) is 7.39. The molecule has 0 bridgehead atoms. The molecule has 8 nitrogen and oxygen atoms in total. The lowest BCUT2D eigenvalue weighted by atomic mass is 10.2. The van der Waals surface area contributed by atoms with E-state index < -0.39 is 23.5 Å². The number of nitrogens with zero attached hydrogens (tertiary/aromatic N) is 1. The van der Waals surface area contributed by atoms with Gasteiger partial charge in [0.1, 0.15) is 11.6 Å². The number of hydrazone groups is 1. The summed E-state index contributed by atoms with van der Waals surface area (Å²) in [5.74, 6) is -2.95. The van der Waals surface area contributed by atoms with Crippen LogP contribution >= 0.6 is 27.5 Å². The Bertz CT molecular complexity index is 1240. The summed E-state index contributed by atoms with van der Waals surface area (Å²) < 4.78 is 19.9. The highest BCUT2D eigenvalue weighted by molar-refractivity contribution is 9.10. The summed E-state index contributed by atoms with van der Waals surface area (Å²) in [6.45, 7) is -0.289. The molecule has 0 aliphatic carbocycles. The summed E-state index contributed by atoms with van der Waals surface area (Å²) in [6.07, 6.45) is 1.24. The minimum Gasteiger partial charge on any atom is -0.483 e. The molecule has 0 unspecified atom stereocenters. The number of carbonyl (C=O) groups excluding carboxylic acids is 3. The lowest BCUT2D eigenvalue weighted by Crippen LogP contribution is -2.32. The van der Waals surface area contributed by atoms with Gasteiger partial charge in [-0.15, -0.1) is 0 Å². The molecule has 3 aromatic rings. The molecule has 0 saturated heterocycles. The number of halogens is 3. The predicted molar refractivity (Wildman–Crippen MR) is 130 cm³/mol. The van der Waals surface area contributed by atoms with Crippen LogP contribution in [0.3, 0.4) is 0 Å². The van der Waals surface area contributed by atoms with E-state index in [0.29, 0.717) is 26.5 Å². The Kier molecular flexibility index (Phi) is 8.72. The number of anilines is 2. The third-order valence-corrected chi connectivity index (χ3v) is 4.90. The zero-order valence-corrected chi connectivity index (χ0v) is 19.7. The van der Waals surface area contributed by atoms with Crippen LogP contribution in [0.25, 0.3) is 0 Å². The van der Waals surface area contributed by atoms with Crippen molar-refractivity contribution in [3.63, 3.8) is 0 Å². The van der Waals surface area contributed by atoms with Crippen molar-refractivity contribution in [2.75, 3.05) is 17.2 Å². The van der Waals surface area contributed by atoms with E-state index in [1.165, 1.54) is 24.4 Å². The smallest absolute Gasteiger partial charge is 0.329 e. The van der Waals surface area contributed by atoms with Crippen LogP contribution in [0.5, 0.6) is 5.75 Å². The Labute approximate surface area is 207 Å². The highest BCUT2D eigenvalue weighted by Gasteiger charge is 2.15. The summed E-state index contributed by atoms with van der Waals surface area (Å²) in [5.41, 5.74) is 2.90. The molecule has 0 aliphatic heterocycles. The minimum absolute atomic E-state index is 0.133. The summed E-state index contributed by atoms with van der Waals surface area (Å²) in [4.78, 5) is 36.0. The molecule has 0 saturated carbocycles. The second-order valence-electron chi connectivity index (χ2n) is 6.66. The van der Waals surface area contributed by atoms with Gasteiger partial charge in [-0.3, -0.25) is 14.4 Å². The Hall–Kier alpha value is -3.76. The second kappa shape index (κ2) is 11.9. The van der Waals surface area contributed by atoms with Crippen molar-refractivity contribution in [1.82, 2.24) is 5.43 Å². The number of ether oxygens (including phenoxy) is 1. The second-order valence-corrected chi connectivity index (χ2v) is 8.01. The maximum Gasteiger partial charge on any atom is 0.329 e. The van der Waals surface area contributed by atoms with Crippen molar-refractivity contribution in [2.24, 2.45) is 5.10 Å². The first-order chi connectivity index (χ1) is 16.3. The van der Waals surface area contributed by atoms with Gasteiger partial charge >= 0.3 is 11.8 Å². The molecule has 3 N–H and O–H groups in total. The molecule has 0 aromatic heterocycles. The summed E-state index contributed by atoms with van der Waals surface area (Å²) in [7, 11) is 0. The van der Waals surface area contributed by atoms with Crippen molar-refractivity contribution < 1.29 is 23.5 Å². The van der Waals surface area contributed by atoms with Crippen molar-refractivity contribution in [3.8, 4) is 5.75 Å². The average molecular weight is 548 g/mol. The van der Waals surface area contributed by atoms with Crippen LogP contribution in [0.1, 0.15) is 5.56 Å². The van der Waals surface area contributed by atoms with Gasteiger partial charge in [0.25, 0.3) is 5.91 Å². The van der Waals surface area contributed by atoms with Crippen molar-refractivity contribution >= 4 is 62.8 Å². The number of amides is 3. The maximum atomic E-state index is 13.6. The Morgan fingerprint density at radius 2 is 1.74 bits per heavy atom. The number of hydrogen-bond acceptors (Lipinski definition) is 5. The highest BCUT2D eigenvalue weighted by atomic mass is 79.9. The normalized spacial score (nSPS) is 10.6. The van der Waals surface area contributed by atoms with Gasteiger partial charge in [0, 0.05) is 20.7 Å². The number of para-hydroxylation sites is 1. The SMILES string of the molecule is O=C(COc1ccc(Br)cc1/C=N\NC(=O)C(=O)Nc1ccccc1F)Nc1ccc(Cl)cc1. The maximum absolute atomic E-state index is 13.6. The van der Waals surface area contributed by atoms with Crippen molar-refractivity contribution in [3.05, 3.63) is 87.6 Å². The van der Waals surface area contributed by atoms with E-state index in [-0.39, 0.29) is 12.3 Å². The Morgan fingerprint density at radius 1 is 1.00 bits per heavy atom. The van der Waals surface area contributed by atoms with E-state index in [2.05, 4.69) is 37.1 Å². The van der Waals surface area contributed by atoms with E-state index >= 15 is 0 Å². The average Bonchev–Trinajstić information content (AvgIpc) is 2.81. The fraction of sp³-hybridized carbons (Fsp3) is 0.0435. The van der Waals surface area contributed by atoms with E-state index in [9.17, 15) is 18.8 Å². The fourth-order valence-electron chi connectivity index (χ4n) is 2.58. The number of carbonyl (C=O) groups is 3. The molecular formula is C23H17BrClFN4O4. The minimum atomic E-state index is -1.10. The van der Waals surface area contributed by atoms with Crippen molar-refractivity contribution in [1.29, 1.82) is 0 Å². The third-order valence-electron chi connectivity index (χ3n) is 4.16. The van der Waals surface area contributed by atoms with Crippen LogP contribution in [0.4, 0.5) is 15.8 Å². The summed E-state index contributed by atoms with van der Waals surface area (Å²) in [5, 5.41) is 9.11. The van der Waals surface area contributed by atoms with Gasteiger partial charge in [0.2, 0.25) is 0 Å². The topological polar surface area (TPSA) is 109 Å². The molecule has 0 atom stereocenters. The predicted octanol–water partition coefficient (Wildman–Crippen LogP) is 4.35. The van der Waals surface area contributed by atoms with E-state index in [4.69, 9.17) is 16.3 Å². The van der Waals surface area contributed by atoms with Gasteiger partial charge in [0.05, 0.1) is 11.9 Å². The van der Waals surface area contributed by atoms with E-state index in [1.807, 2.05) is 0 Å². The largest absolute Gasteiger partial charge is 0.483 e. The zero-order valence-electron chi connectivity index (χ0n) is 17.3. The van der Waals surface area contributed by atoms with Crippen molar-refractivity contribution in [2.45, 2.75) is 0 Å². The van der Waals surface area contributed by atoms with Gasteiger partial charge in [-0.1, -0.05) is 39.7 Å². The molecule has 3 amide bonds. The Balaban J connectivity index is 1.57. The zero-order chi connectivity index (χ0) is 24.5. The molecule has 0 spiro atoms. The van der Waals surface area contributed by atoms with Crippen LogP contribution < -0.4 is 20.8 Å². The standard InChI is InChI=1S/C23H17BrClFN4O4/c24-15-5-10-20(34-13-21(31)28-17-8-6-16(25)7-9-17)14(11-15)12-27-30-23(33)22(32)29-19-4-2-1-3-18(19)26/h1-12H,13H2,(H,28,31)(H,29,32)(H,30,33)/b27-12-. The number of hydrogen-bond donors (Lipinski definition) is 3. The molecule has 0 fully saturated rings. The molecule has 3 rings (SSSR count).